The molecule has 0 amide bonds. The van der Waals surface area contributed by atoms with Crippen LogP contribution in [0, 0.1) is 17.8 Å². The average Bonchev–Trinajstić information content (AvgIpc) is 2.89. The molecule has 1 aliphatic carbocycles. The van der Waals surface area contributed by atoms with Crippen LogP contribution in [-0.2, 0) is 14.9 Å². The van der Waals surface area contributed by atoms with Crippen LogP contribution < -0.4 is 0 Å². The maximum absolute atomic E-state index is 14.1. The summed E-state index contributed by atoms with van der Waals surface area (Å²) >= 11 is -2.51. The monoisotopic (exact) mass is 632 g/mol. The predicted octanol–water partition coefficient (Wildman–Crippen LogP) is 10.7. The first-order valence-corrected chi connectivity index (χ1v) is 24.1. The van der Waals surface area contributed by atoms with E-state index in [-0.39, 0.29) is 23.4 Å². The summed E-state index contributed by atoms with van der Waals surface area (Å²) in [5.74, 6) is 1.05. The van der Waals surface area contributed by atoms with Crippen LogP contribution in [0.4, 0.5) is 0 Å². The molecule has 1 fully saturated rings. The summed E-state index contributed by atoms with van der Waals surface area (Å²) < 4.78 is 12.1. The molecule has 2 rings (SSSR count). The minimum atomic E-state index is -2.51. The van der Waals surface area contributed by atoms with E-state index < -0.39 is 18.4 Å². The molecule has 1 saturated carbocycles. The van der Waals surface area contributed by atoms with Crippen molar-refractivity contribution in [3.8, 4) is 0 Å². The molecule has 0 N–H and O–H groups in total. The van der Waals surface area contributed by atoms with Crippen LogP contribution >= 0.6 is 0 Å². The van der Waals surface area contributed by atoms with Crippen molar-refractivity contribution in [3.05, 3.63) is 48.0 Å². The Bertz CT molecular complexity index is 808. The van der Waals surface area contributed by atoms with Gasteiger partial charge in [0, 0.05) is 0 Å². The van der Waals surface area contributed by atoms with Crippen molar-refractivity contribution in [3.63, 3.8) is 0 Å². The molecule has 3 heteroatoms. The zero-order chi connectivity index (χ0) is 28.2. The van der Waals surface area contributed by atoms with Gasteiger partial charge in [0.2, 0.25) is 0 Å². The predicted molar refractivity (Wildman–Crippen MR) is 168 cm³/mol. The molecular formula is C35H60O2Sn. The molecule has 216 valence electrons. The molecule has 4 atom stereocenters. The van der Waals surface area contributed by atoms with E-state index in [1.54, 1.807) is 0 Å². The SMILES string of the molecule is C=C(C)CC([CH2][Sn]([CH2]CCC)([CH2]CCC)[CH2]CCC)C(=O)O[C@@H]1C[C@H](C)CC[C@H]1C(C)(C)c1ccccc1. The minimum absolute atomic E-state index is 0.000558. The normalized spacial score (nSPS) is 21.2. The van der Waals surface area contributed by atoms with Crippen LogP contribution in [0.25, 0.3) is 0 Å². The number of unbranched alkanes of at least 4 members (excludes halogenated alkanes) is 3. The van der Waals surface area contributed by atoms with E-state index in [4.69, 9.17) is 4.74 Å². The molecule has 38 heavy (non-hydrogen) atoms. The Labute approximate surface area is 240 Å². The molecule has 1 aromatic carbocycles. The number of esters is 1. The number of allylic oxidation sites excluding steroid dienone is 1. The molecule has 0 bridgehead atoms. The number of ether oxygens (including phenoxy) is 1. The molecule has 1 unspecified atom stereocenters. The zero-order valence-electron chi connectivity index (χ0n) is 26.1. The van der Waals surface area contributed by atoms with Gasteiger partial charge in [-0.25, -0.2) is 0 Å². The topological polar surface area (TPSA) is 26.3 Å². The Morgan fingerprint density at radius 1 is 1.00 bits per heavy atom. The molecular weight excluding hydrogens is 571 g/mol. The van der Waals surface area contributed by atoms with Crippen molar-refractivity contribution in [2.24, 2.45) is 17.8 Å². The van der Waals surface area contributed by atoms with Gasteiger partial charge in [0.1, 0.15) is 0 Å². The van der Waals surface area contributed by atoms with Crippen molar-refractivity contribution in [1.82, 2.24) is 0 Å². The first-order valence-electron chi connectivity index (χ1n) is 16.0. The van der Waals surface area contributed by atoms with E-state index in [2.05, 4.69) is 85.4 Å². The van der Waals surface area contributed by atoms with Gasteiger partial charge in [-0.3, -0.25) is 0 Å². The van der Waals surface area contributed by atoms with Crippen LogP contribution in [0.1, 0.15) is 118 Å². The van der Waals surface area contributed by atoms with E-state index >= 15 is 0 Å². The summed E-state index contributed by atoms with van der Waals surface area (Å²) in [5.41, 5.74) is 2.46. The van der Waals surface area contributed by atoms with Crippen molar-refractivity contribution < 1.29 is 9.53 Å². The number of hydrogen-bond donors (Lipinski definition) is 0. The quantitative estimate of drug-likeness (QED) is 0.0972. The Balaban J connectivity index is 2.33. The maximum atomic E-state index is 14.1. The Morgan fingerprint density at radius 3 is 2.05 bits per heavy atom. The van der Waals surface area contributed by atoms with Crippen LogP contribution in [0.2, 0.25) is 17.7 Å². The fourth-order valence-electron chi connectivity index (χ4n) is 7.13. The number of benzene rings is 1. The van der Waals surface area contributed by atoms with E-state index in [1.165, 1.54) is 63.8 Å². The number of carbonyl (C=O) groups excluding carboxylic acids is 1. The summed E-state index contributed by atoms with van der Waals surface area (Å²) in [6, 6.07) is 10.9. The van der Waals surface area contributed by atoms with Crippen molar-refractivity contribution in [2.75, 3.05) is 0 Å². The van der Waals surface area contributed by atoms with Gasteiger partial charge in [-0.05, 0) is 0 Å². The standard InChI is InChI=1S/C23H33O2.3C4H9.Sn/c1-16(2)14-18(4)22(24)25-21-15-17(3)12-13-20(21)23(5,6)19-10-8-7-9-11-19;3*1-3-4-2;/h7-11,17-18,20-21H,1,4,12-15H2,2-3,5-6H3;3*1,3-4H2,2H3;/t17-,18?,20-,21-;;;;/m1..../s1. The summed E-state index contributed by atoms with van der Waals surface area (Å²) in [6.45, 7) is 20.4. The van der Waals surface area contributed by atoms with Gasteiger partial charge < -0.3 is 0 Å². The molecule has 2 nitrogen and oxygen atoms in total. The summed E-state index contributed by atoms with van der Waals surface area (Å²) in [6.07, 6.45) is 11.9. The number of carbonyl (C=O) groups is 1. The van der Waals surface area contributed by atoms with Crippen molar-refractivity contribution in [1.29, 1.82) is 0 Å². The van der Waals surface area contributed by atoms with E-state index in [1.807, 2.05) is 0 Å². The Kier molecular flexibility index (Phi) is 14.5. The van der Waals surface area contributed by atoms with Gasteiger partial charge in [-0.15, -0.1) is 0 Å². The second-order valence-corrected chi connectivity index (χ2v) is 27.5. The van der Waals surface area contributed by atoms with Crippen LogP contribution in [0.3, 0.4) is 0 Å². The van der Waals surface area contributed by atoms with Gasteiger partial charge in [-0.1, -0.05) is 0 Å². The molecule has 0 spiro atoms. The first kappa shape index (κ1) is 33.4. The Hall–Kier alpha value is -0.771. The van der Waals surface area contributed by atoms with Crippen LogP contribution in [-0.4, -0.2) is 30.5 Å². The molecule has 0 aliphatic heterocycles. The summed E-state index contributed by atoms with van der Waals surface area (Å²) in [4.78, 5) is 14.1. The summed E-state index contributed by atoms with van der Waals surface area (Å²) in [7, 11) is 0. The average molecular weight is 632 g/mol. The molecule has 1 aromatic rings. The third-order valence-electron chi connectivity index (χ3n) is 9.56. The second kappa shape index (κ2) is 16.5. The zero-order valence-corrected chi connectivity index (χ0v) is 29.0. The number of hydrogen-bond acceptors (Lipinski definition) is 2. The first-order chi connectivity index (χ1) is 18.1. The van der Waals surface area contributed by atoms with E-state index in [9.17, 15) is 4.79 Å². The van der Waals surface area contributed by atoms with Gasteiger partial charge in [0.25, 0.3) is 0 Å². The van der Waals surface area contributed by atoms with Crippen LogP contribution in [0.5, 0.6) is 0 Å². The van der Waals surface area contributed by atoms with Gasteiger partial charge in [0.15, 0.2) is 0 Å². The molecule has 1 aliphatic rings. The third-order valence-corrected chi connectivity index (χ3v) is 25.5. The molecule has 0 aromatic heterocycles. The molecule has 0 saturated heterocycles. The second-order valence-electron chi connectivity index (χ2n) is 13.5. The van der Waals surface area contributed by atoms with Gasteiger partial charge in [-0.2, -0.15) is 0 Å². The van der Waals surface area contributed by atoms with E-state index in [0.29, 0.717) is 11.8 Å². The molecule has 0 heterocycles. The van der Waals surface area contributed by atoms with Gasteiger partial charge >= 0.3 is 242 Å². The third kappa shape index (κ3) is 10.0. The van der Waals surface area contributed by atoms with E-state index in [0.717, 1.165) is 29.3 Å². The van der Waals surface area contributed by atoms with Crippen molar-refractivity contribution in [2.45, 2.75) is 142 Å². The fraction of sp³-hybridized carbons (Fsp3) is 0.743. The summed E-state index contributed by atoms with van der Waals surface area (Å²) in [5, 5.41) is 0. The van der Waals surface area contributed by atoms with Gasteiger partial charge in [0.05, 0.1) is 0 Å². The van der Waals surface area contributed by atoms with Crippen molar-refractivity contribution >= 4 is 24.3 Å². The fourth-order valence-corrected chi connectivity index (χ4v) is 24.3. The number of rotatable bonds is 17. The Morgan fingerprint density at radius 2 is 1.55 bits per heavy atom. The van der Waals surface area contributed by atoms with Crippen LogP contribution in [0.15, 0.2) is 42.5 Å². The molecule has 0 radical (unpaired) electrons.